The van der Waals surface area contributed by atoms with Gasteiger partial charge in [0.05, 0.1) is 6.26 Å². The van der Waals surface area contributed by atoms with Crippen LogP contribution in [0.3, 0.4) is 0 Å². The first kappa shape index (κ1) is 15.9. The molecule has 0 atom stereocenters. The second-order valence-corrected chi connectivity index (χ2v) is 5.76. The van der Waals surface area contributed by atoms with E-state index in [0.717, 1.165) is 37.4 Å². The molecule has 0 unspecified atom stereocenters. The Bertz CT molecular complexity index is 421. The first-order valence-electron chi connectivity index (χ1n) is 8.01. The monoisotopic (exact) mass is 292 g/mol. The van der Waals surface area contributed by atoms with E-state index >= 15 is 0 Å². The number of aliphatic imine (C=N–C) groups is 1. The van der Waals surface area contributed by atoms with Crippen molar-refractivity contribution in [2.45, 2.75) is 52.2 Å². The van der Waals surface area contributed by atoms with Crippen LogP contribution in [0.4, 0.5) is 0 Å². The van der Waals surface area contributed by atoms with Gasteiger partial charge in [0.15, 0.2) is 5.96 Å². The second-order valence-electron chi connectivity index (χ2n) is 5.76. The number of nitrogens with zero attached hydrogens (tertiary/aromatic N) is 2. The third kappa shape index (κ3) is 5.42. The molecule has 5 nitrogen and oxygen atoms in total. The smallest absolute Gasteiger partial charge is 0.191 e. The fourth-order valence-corrected chi connectivity index (χ4v) is 2.47. The van der Waals surface area contributed by atoms with E-state index in [1.54, 1.807) is 6.26 Å². The van der Waals surface area contributed by atoms with Gasteiger partial charge in [0.25, 0.3) is 0 Å². The lowest BCUT2D eigenvalue weighted by molar-refractivity contribution is 0.215. The Morgan fingerprint density at radius 3 is 2.81 bits per heavy atom. The third-order valence-electron chi connectivity index (χ3n) is 3.66. The molecule has 1 aliphatic carbocycles. The van der Waals surface area contributed by atoms with E-state index in [0.29, 0.717) is 12.6 Å². The van der Waals surface area contributed by atoms with E-state index in [-0.39, 0.29) is 0 Å². The number of nitrogens with one attached hydrogen (secondary N) is 2. The van der Waals surface area contributed by atoms with Crippen LogP contribution < -0.4 is 10.6 Å². The summed E-state index contributed by atoms with van der Waals surface area (Å²) in [5.74, 6) is 1.74. The molecule has 0 spiro atoms. The van der Waals surface area contributed by atoms with Crippen molar-refractivity contribution in [2.75, 3.05) is 19.6 Å². The van der Waals surface area contributed by atoms with Gasteiger partial charge in [0.2, 0.25) is 0 Å². The summed E-state index contributed by atoms with van der Waals surface area (Å²) in [6.45, 7) is 10.0. The summed E-state index contributed by atoms with van der Waals surface area (Å²) in [4.78, 5) is 7.11. The number of hydrogen-bond donors (Lipinski definition) is 2. The van der Waals surface area contributed by atoms with Gasteiger partial charge in [0, 0.05) is 31.7 Å². The Morgan fingerprint density at radius 1 is 1.43 bits per heavy atom. The largest absolute Gasteiger partial charge is 0.467 e. The molecule has 0 aliphatic heterocycles. The molecule has 0 bridgehead atoms. The highest BCUT2D eigenvalue weighted by atomic mass is 16.3. The van der Waals surface area contributed by atoms with Gasteiger partial charge in [-0.05, 0) is 45.7 Å². The topological polar surface area (TPSA) is 52.8 Å². The van der Waals surface area contributed by atoms with Crippen molar-refractivity contribution in [1.29, 1.82) is 0 Å². The molecule has 5 heteroatoms. The van der Waals surface area contributed by atoms with Gasteiger partial charge < -0.3 is 15.1 Å². The van der Waals surface area contributed by atoms with Crippen molar-refractivity contribution in [2.24, 2.45) is 4.99 Å². The van der Waals surface area contributed by atoms with Crippen LogP contribution in [0.15, 0.2) is 27.8 Å². The highest BCUT2D eigenvalue weighted by Crippen LogP contribution is 2.27. The molecule has 1 aliphatic rings. The molecule has 1 aromatic heterocycles. The Kier molecular flexibility index (Phi) is 6.11. The normalized spacial score (nSPS) is 15.8. The van der Waals surface area contributed by atoms with Crippen LogP contribution in [0.2, 0.25) is 0 Å². The molecule has 1 heterocycles. The Hall–Kier alpha value is -1.49. The molecule has 2 N–H and O–H groups in total. The highest BCUT2D eigenvalue weighted by molar-refractivity contribution is 5.79. The average molecular weight is 292 g/mol. The molecule has 0 saturated heterocycles. The van der Waals surface area contributed by atoms with Crippen LogP contribution in [0.1, 0.15) is 39.4 Å². The third-order valence-corrected chi connectivity index (χ3v) is 3.66. The quantitative estimate of drug-likeness (QED) is 0.570. The van der Waals surface area contributed by atoms with E-state index in [9.17, 15) is 0 Å². The Labute approximate surface area is 127 Å². The summed E-state index contributed by atoms with van der Waals surface area (Å²) in [6, 6.07) is 5.25. The van der Waals surface area contributed by atoms with E-state index in [1.807, 2.05) is 12.1 Å². The molecule has 0 radical (unpaired) electrons. The van der Waals surface area contributed by atoms with E-state index < -0.39 is 0 Å². The minimum Gasteiger partial charge on any atom is -0.467 e. The average Bonchev–Trinajstić information content (AvgIpc) is 3.15. The lowest BCUT2D eigenvalue weighted by atomic mass is 10.3. The van der Waals surface area contributed by atoms with Crippen LogP contribution in [-0.2, 0) is 6.54 Å². The summed E-state index contributed by atoms with van der Waals surface area (Å²) in [5, 5.41) is 6.68. The van der Waals surface area contributed by atoms with E-state index in [1.165, 1.54) is 12.8 Å². The van der Waals surface area contributed by atoms with E-state index in [2.05, 4.69) is 41.3 Å². The Balaban J connectivity index is 1.77. The van der Waals surface area contributed by atoms with Crippen LogP contribution in [-0.4, -0.2) is 42.6 Å². The second kappa shape index (κ2) is 8.08. The summed E-state index contributed by atoms with van der Waals surface area (Å²) in [5.41, 5.74) is 0. The van der Waals surface area contributed by atoms with Crippen molar-refractivity contribution in [3.05, 3.63) is 24.2 Å². The first-order chi connectivity index (χ1) is 10.2. The van der Waals surface area contributed by atoms with Crippen molar-refractivity contribution in [1.82, 2.24) is 15.5 Å². The van der Waals surface area contributed by atoms with Crippen molar-refractivity contribution in [3.8, 4) is 0 Å². The molecule has 1 fully saturated rings. The minimum atomic E-state index is 0.568. The zero-order chi connectivity index (χ0) is 15.1. The van der Waals surface area contributed by atoms with Crippen LogP contribution in [0, 0.1) is 0 Å². The zero-order valence-corrected chi connectivity index (χ0v) is 13.4. The van der Waals surface area contributed by atoms with Crippen molar-refractivity contribution in [3.63, 3.8) is 0 Å². The molecule has 1 saturated carbocycles. The SMILES string of the molecule is CCNC(=NCc1ccco1)NCCN(C(C)C)C1CC1. The maximum Gasteiger partial charge on any atom is 0.191 e. The van der Waals surface area contributed by atoms with E-state index in [4.69, 9.17) is 4.42 Å². The van der Waals surface area contributed by atoms with Gasteiger partial charge >= 0.3 is 0 Å². The molecule has 2 rings (SSSR count). The predicted molar refractivity (Wildman–Crippen MR) is 86.4 cm³/mol. The maximum atomic E-state index is 5.31. The number of rotatable bonds is 8. The lowest BCUT2D eigenvalue weighted by Crippen LogP contribution is -2.43. The summed E-state index contributed by atoms with van der Waals surface area (Å²) >= 11 is 0. The fraction of sp³-hybridized carbons (Fsp3) is 0.688. The van der Waals surface area contributed by atoms with Gasteiger partial charge in [-0.2, -0.15) is 0 Å². The van der Waals surface area contributed by atoms with Crippen LogP contribution in [0.5, 0.6) is 0 Å². The Morgan fingerprint density at radius 2 is 2.24 bits per heavy atom. The molecule has 21 heavy (non-hydrogen) atoms. The molecule has 118 valence electrons. The molecule has 0 aromatic carbocycles. The van der Waals surface area contributed by atoms with Gasteiger partial charge in [-0.25, -0.2) is 4.99 Å². The van der Waals surface area contributed by atoms with Crippen molar-refractivity contribution < 1.29 is 4.42 Å². The fourth-order valence-electron chi connectivity index (χ4n) is 2.47. The summed E-state index contributed by atoms with van der Waals surface area (Å²) in [6.07, 6.45) is 4.39. The predicted octanol–water partition coefficient (Wildman–Crippen LogP) is 2.21. The number of furan rings is 1. The molecular formula is C16H28N4O. The highest BCUT2D eigenvalue weighted by Gasteiger charge is 2.29. The zero-order valence-electron chi connectivity index (χ0n) is 13.4. The van der Waals surface area contributed by atoms with Gasteiger partial charge in [0.1, 0.15) is 12.3 Å². The first-order valence-corrected chi connectivity index (χ1v) is 8.01. The summed E-state index contributed by atoms with van der Waals surface area (Å²) < 4.78 is 5.31. The van der Waals surface area contributed by atoms with Crippen molar-refractivity contribution >= 4 is 5.96 Å². The maximum absolute atomic E-state index is 5.31. The lowest BCUT2D eigenvalue weighted by Gasteiger charge is -2.26. The number of hydrogen-bond acceptors (Lipinski definition) is 3. The van der Waals surface area contributed by atoms with Crippen LogP contribution in [0.25, 0.3) is 0 Å². The molecule has 1 aromatic rings. The summed E-state index contributed by atoms with van der Waals surface area (Å²) in [7, 11) is 0. The number of guanidine groups is 1. The van der Waals surface area contributed by atoms with Gasteiger partial charge in [-0.1, -0.05) is 0 Å². The molecular weight excluding hydrogens is 264 g/mol. The standard InChI is InChI=1S/C16H28N4O/c1-4-17-16(19-12-15-6-5-11-21-15)18-9-10-20(13(2)3)14-7-8-14/h5-6,11,13-14H,4,7-10,12H2,1-3H3,(H2,17,18,19). The molecule has 0 amide bonds. The minimum absolute atomic E-state index is 0.568. The van der Waals surface area contributed by atoms with Gasteiger partial charge in [-0.15, -0.1) is 0 Å². The van der Waals surface area contributed by atoms with Crippen LogP contribution >= 0.6 is 0 Å². The van der Waals surface area contributed by atoms with Gasteiger partial charge in [-0.3, -0.25) is 4.90 Å².